The Balaban J connectivity index is 1.81. The summed E-state index contributed by atoms with van der Waals surface area (Å²) >= 11 is 0. The Morgan fingerprint density at radius 1 is 1.27 bits per heavy atom. The van der Waals surface area contributed by atoms with E-state index in [1.54, 1.807) is 12.1 Å². The van der Waals surface area contributed by atoms with Gasteiger partial charge in [-0.15, -0.1) is 0 Å². The first kappa shape index (κ1) is 15.2. The van der Waals surface area contributed by atoms with E-state index in [0.29, 0.717) is 5.69 Å². The molecule has 22 heavy (non-hydrogen) atoms. The molecule has 2 aliphatic rings. The van der Waals surface area contributed by atoms with Crippen molar-refractivity contribution in [2.24, 2.45) is 5.73 Å². The second kappa shape index (κ2) is 4.62. The lowest BCUT2D eigenvalue weighted by Crippen LogP contribution is -2.37. The lowest BCUT2D eigenvalue weighted by Gasteiger charge is -2.25. The standard InChI is InChI=1S/C17H24N2O3/c1-15(2,3)22-14(21)19-11-4-5-13(20)12(10-11)16(6-7-16)17(18)8-9-17/h4-5,10,20H,6-9,18H2,1-3H3,(H,19,21). The van der Waals surface area contributed by atoms with Gasteiger partial charge >= 0.3 is 6.09 Å². The van der Waals surface area contributed by atoms with Crippen LogP contribution in [0, 0.1) is 0 Å². The van der Waals surface area contributed by atoms with Gasteiger partial charge in [0.05, 0.1) is 0 Å². The number of hydrogen-bond acceptors (Lipinski definition) is 4. The third kappa shape index (κ3) is 2.65. The van der Waals surface area contributed by atoms with Crippen molar-refractivity contribution in [2.75, 3.05) is 5.32 Å². The van der Waals surface area contributed by atoms with Crippen LogP contribution in [0.5, 0.6) is 5.75 Å². The number of aromatic hydroxyl groups is 1. The first-order chi connectivity index (χ1) is 10.2. The van der Waals surface area contributed by atoms with Crippen LogP contribution in [0.15, 0.2) is 18.2 Å². The summed E-state index contributed by atoms with van der Waals surface area (Å²) in [5, 5.41) is 12.9. The number of carbonyl (C=O) groups is 1. The van der Waals surface area contributed by atoms with Gasteiger partial charge in [0.1, 0.15) is 11.4 Å². The molecule has 0 saturated heterocycles. The number of amides is 1. The number of rotatable bonds is 3. The minimum absolute atomic E-state index is 0.122. The molecule has 5 nitrogen and oxygen atoms in total. The number of nitrogens with two attached hydrogens (primary N) is 1. The number of carbonyl (C=O) groups excluding carboxylic acids is 1. The van der Waals surface area contributed by atoms with Crippen LogP contribution in [-0.4, -0.2) is 22.3 Å². The molecule has 2 fully saturated rings. The maximum Gasteiger partial charge on any atom is 0.412 e. The molecule has 1 aromatic rings. The maximum absolute atomic E-state index is 11.9. The molecule has 0 radical (unpaired) electrons. The predicted molar refractivity (Wildman–Crippen MR) is 85.0 cm³/mol. The Bertz CT molecular complexity index is 611. The summed E-state index contributed by atoms with van der Waals surface area (Å²) in [5.74, 6) is 0.254. The zero-order chi connectivity index (χ0) is 16.2. The van der Waals surface area contributed by atoms with Crippen LogP contribution in [0.3, 0.4) is 0 Å². The van der Waals surface area contributed by atoms with Crippen LogP contribution in [0.25, 0.3) is 0 Å². The van der Waals surface area contributed by atoms with Gasteiger partial charge in [0.25, 0.3) is 0 Å². The molecule has 2 aliphatic carbocycles. The van der Waals surface area contributed by atoms with Crippen molar-refractivity contribution in [1.29, 1.82) is 0 Å². The second-order valence-corrected chi connectivity index (χ2v) is 7.60. The van der Waals surface area contributed by atoms with Crippen molar-refractivity contribution in [3.63, 3.8) is 0 Å². The van der Waals surface area contributed by atoms with Crippen molar-refractivity contribution >= 4 is 11.8 Å². The molecule has 1 amide bonds. The average molecular weight is 304 g/mol. The molecule has 120 valence electrons. The van der Waals surface area contributed by atoms with Gasteiger partial charge in [0, 0.05) is 22.2 Å². The number of nitrogens with one attached hydrogen (secondary N) is 1. The fourth-order valence-corrected chi connectivity index (χ4v) is 3.19. The molecule has 0 aromatic heterocycles. The second-order valence-electron chi connectivity index (χ2n) is 7.60. The molecule has 2 saturated carbocycles. The molecule has 0 bridgehead atoms. The summed E-state index contributed by atoms with van der Waals surface area (Å²) in [6, 6.07) is 5.13. The summed E-state index contributed by atoms with van der Waals surface area (Å²) in [6.07, 6.45) is 3.48. The van der Waals surface area contributed by atoms with E-state index in [0.717, 1.165) is 31.2 Å². The number of anilines is 1. The zero-order valence-electron chi connectivity index (χ0n) is 13.4. The van der Waals surface area contributed by atoms with E-state index in [1.807, 2.05) is 26.8 Å². The molecular formula is C17H24N2O3. The van der Waals surface area contributed by atoms with Crippen molar-refractivity contribution < 1.29 is 14.6 Å². The highest BCUT2D eigenvalue weighted by atomic mass is 16.6. The molecule has 0 unspecified atom stereocenters. The highest BCUT2D eigenvalue weighted by molar-refractivity contribution is 5.85. The van der Waals surface area contributed by atoms with Gasteiger partial charge in [-0.3, -0.25) is 5.32 Å². The van der Waals surface area contributed by atoms with Crippen LogP contribution in [0.4, 0.5) is 10.5 Å². The molecule has 5 heteroatoms. The average Bonchev–Trinajstić information content (AvgIpc) is 3.25. The fourth-order valence-electron chi connectivity index (χ4n) is 3.19. The maximum atomic E-state index is 11.9. The summed E-state index contributed by atoms with van der Waals surface area (Å²) in [4.78, 5) is 11.9. The van der Waals surface area contributed by atoms with Crippen LogP contribution < -0.4 is 11.1 Å². The fraction of sp³-hybridized carbons (Fsp3) is 0.588. The molecule has 1 aromatic carbocycles. The van der Waals surface area contributed by atoms with Crippen molar-refractivity contribution in [3.8, 4) is 5.75 Å². The molecule has 0 spiro atoms. The topological polar surface area (TPSA) is 84.6 Å². The Labute approximate surface area is 130 Å². The largest absolute Gasteiger partial charge is 0.508 e. The monoisotopic (exact) mass is 304 g/mol. The lowest BCUT2D eigenvalue weighted by molar-refractivity contribution is 0.0636. The lowest BCUT2D eigenvalue weighted by atomic mass is 9.85. The summed E-state index contributed by atoms with van der Waals surface area (Å²) < 4.78 is 5.26. The van der Waals surface area contributed by atoms with Crippen LogP contribution in [0.2, 0.25) is 0 Å². The Kier molecular flexibility index (Phi) is 3.18. The summed E-state index contributed by atoms with van der Waals surface area (Å²) in [5.41, 5.74) is 7.02. The highest BCUT2D eigenvalue weighted by Gasteiger charge is 2.64. The van der Waals surface area contributed by atoms with Crippen molar-refractivity contribution in [2.45, 2.75) is 63.0 Å². The number of phenols is 1. The minimum Gasteiger partial charge on any atom is -0.508 e. The highest BCUT2D eigenvalue weighted by Crippen LogP contribution is 2.65. The number of benzene rings is 1. The Morgan fingerprint density at radius 2 is 1.91 bits per heavy atom. The third-order valence-corrected chi connectivity index (χ3v) is 4.65. The Hall–Kier alpha value is -1.75. The van der Waals surface area contributed by atoms with Gasteiger partial charge in [0.15, 0.2) is 0 Å². The molecule has 0 heterocycles. The van der Waals surface area contributed by atoms with E-state index in [-0.39, 0.29) is 16.7 Å². The van der Waals surface area contributed by atoms with E-state index in [4.69, 9.17) is 10.5 Å². The molecule has 0 atom stereocenters. The van der Waals surface area contributed by atoms with E-state index in [1.165, 1.54) is 0 Å². The molecule has 3 rings (SSSR count). The normalized spacial score (nSPS) is 21.1. The quantitative estimate of drug-likeness (QED) is 0.748. The SMILES string of the molecule is CC(C)(C)OC(=O)Nc1ccc(O)c(C2(C3(N)CC3)CC2)c1. The van der Waals surface area contributed by atoms with Crippen molar-refractivity contribution in [3.05, 3.63) is 23.8 Å². The van der Waals surface area contributed by atoms with Crippen molar-refractivity contribution in [1.82, 2.24) is 0 Å². The smallest absolute Gasteiger partial charge is 0.412 e. The van der Waals surface area contributed by atoms with E-state index < -0.39 is 11.7 Å². The van der Waals surface area contributed by atoms with Gasteiger partial charge in [-0.1, -0.05) is 0 Å². The van der Waals surface area contributed by atoms with Crippen LogP contribution in [-0.2, 0) is 10.2 Å². The summed E-state index contributed by atoms with van der Waals surface area (Å²) in [6.45, 7) is 5.46. The van der Waals surface area contributed by atoms with Gasteiger partial charge in [-0.05, 0) is 64.7 Å². The first-order valence-corrected chi connectivity index (χ1v) is 7.78. The predicted octanol–water partition coefficient (Wildman–Crippen LogP) is 3.26. The zero-order valence-corrected chi connectivity index (χ0v) is 13.4. The molecular weight excluding hydrogens is 280 g/mol. The summed E-state index contributed by atoms with van der Waals surface area (Å²) in [7, 11) is 0. The minimum atomic E-state index is -0.545. The van der Waals surface area contributed by atoms with Gasteiger partial charge in [-0.25, -0.2) is 4.79 Å². The number of phenolic OH excluding ortho intramolecular Hbond substituents is 1. The van der Waals surface area contributed by atoms with E-state index >= 15 is 0 Å². The third-order valence-electron chi connectivity index (χ3n) is 4.65. The Morgan fingerprint density at radius 3 is 2.41 bits per heavy atom. The van der Waals surface area contributed by atoms with Gasteiger partial charge < -0.3 is 15.6 Å². The van der Waals surface area contributed by atoms with E-state index in [9.17, 15) is 9.90 Å². The number of hydrogen-bond donors (Lipinski definition) is 3. The van der Waals surface area contributed by atoms with Gasteiger partial charge in [-0.2, -0.15) is 0 Å². The van der Waals surface area contributed by atoms with Crippen LogP contribution in [0.1, 0.15) is 52.0 Å². The molecule has 0 aliphatic heterocycles. The van der Waals surface area contributed by atoms with Gasteiger partial charge in [0.2, 0.25) is 0 Å². The first-order valence-electron chi connectivity index (χ1n) is 7.78. The molecule has 4 N–H and O–H groups in total. The van der Waals surface area contributed by atoms with E-state index in [2.05, 4.69) is 5.32 Å². The number of ether oxygens (including phenoxy) is 1. The van der Waals surface area contributed by atoms with Crippen LogP contribution >= 0.6 is 0 Å².